The zero-order valence-corrected chi connectivity index (χ0v) is 70.1. The highest BCUT2D eigenvalue weighted by Crippen LogP contribution is 2.70. The molecular weight excluding hydrogens is 1220 g/mol. The van der Waals surface area contributed by atoms with Crippen molar-refractivity contribution in [2.45, 2.75) is 394 Å². The number of rotatable bonds is 11. The van der Waals surface area contributed by atoms with Gasteiger partial charge in [0.1, 0.15) is 0 Å². The molecule has 0 radical (unpaired) electrons. The van der Waals surface area contributed by atoms with E-state index < -0.39 is 33.3 Å². The van der Waals surface area contributed by atoms with Gasteiger partial charge in [-0.3, -0.25) is 0 Å². The fourth-order valence-electron chi connectivity index (χ4n) is 23.6. The van der Waals surface area contributed by atoms with E-state index in [2.05, 4.69) is 201 Å². The second kappa shape index (κ2) is 26.4. The van der Waals surface area contributed by atoms with E-state index in [0.717, 1.165) is 73.0 Å². The molecule has 9 unspecified atom stereocenters. The summed E-state index contributed by atoms with van der Waals surface area (Å²) in [5, 5.41) is 21.7. The van der Waals surface area contributed by atoms with Crippen LogP contribution in [-0.2, 0) is 17.7 Å². The van der Waals surface area contributed by atoms with Crippen molar-refractivity contribution in [3.8, 4) is 0 Å². The van der Waals surface area contributed by atoms with Crippen molar-refractivity contribution in [1.82, 2.24) is 0 Å². The highest BCUT2D eigenvalue weighted by atomic mass is 28.4. The molecule has 12 aliphatic rings. The van der Waals surface area contributed by atoms with Crippen LogP contribution in [0, 0.1) is 85.8 Å². The van der Waals surface area contributed by atoms with Crippen LogP contribution in [0.15, 0.2) is 47.6 Å². The minimum absolute atomic E-state index is 0.0745. The molecule has 0 amide bonds. The van der Waals surface area contributed by atoms with E-state index >= 15 is 0 Å². The Labute approximate surface area is 584 Å². The molecule has 0 heterocycles. The molecule has 538 valence electrons. The summed E-state index contributed by atoms with van der Waals surface area (Å²) < 4.78 is 28.2. The summed E-state index contributed by atoms with van der Waals surface area (Å²) in [6, 6.07) is 0. The first-order valence-electron chi connectivity index (χ1n) is 40.1. The molecule has 0 aromatic carbocycles. The van der Waals surface area contributed by atoms with Crippen molar-refractivity contribution >= 4 is 33.3 Å². The van der Waals surface area contributed by atoms with E-state index in [1.807, 2.05) is 0 Å². The molecular formula is C84H150O6Si4. The maximum absolute atomic E-state index is 10.5. The van der Waals surface area contributed by atoms with E-state index in [-0.39, 0.29) is 38.2 Å². The van der Waals surface area contributed by atoms with Gasteiger partial charge in [-0.25, -0.2) is 0 Å². The smallest absolute Gasteiger partial charge is 0.192 e. The molecule has 0 bridgehead atoms. The lowest BCUT2D eigenvalue weighted by molar-refractivity contribution is -0.0769. The quantitative estimate of drug-likeness (QED) is 0.159. The van der Waals surface area contributed by atoms with Crippen LogP contribution in [0.25, 0.3) is 0 Å². The zero-order chi connectivity index (χ0) is 69.4. The van der Waals surface area contributed by atoms with Crippen LogP contribution in [0.1, 0.15) is 285 Å². The van der Waals surface area contributed by atoms with Crippen LogP contribution in [0.5, 0.6) is 0 Å². The minimum Gasteiger partial charge on any atom is -0.414 e. The maximum atomic E-state index is 10.5. The van der Waals surface area contributed by atoms with Crippen LogP contribution in [-0.4, -0.2) is 80.1 Å². The highest BCUT2D eigenvalue weighted by Gasteiger charge is 2.64. The summed E-state index contributed by atoms with van der Waals surface area (Å²) in [4.78, 5) is 0. The number of allylic oxidation sites excluding steroid dienone is 4. The molecule has 10 heteroatoms. The van der Waals surface area contributed by atoms with Gasteiger partial charge in [-0.1, -0.05) is 159 Å². The third kappa shape index (κ3) is 13.2. The second-order valence-electron chi connectivity index (χ2n) is 41.8. The second-order valence-corrected chi connectivity index (χ2v) is 60.8. The van der Waals surface area contributed by atoms with Crippen molar-refractivity contribution < 1.29 is 27.9 Å². The topological polar surface area (TPSA) is 77.4 Å². The Balaban J connectivity index is 0.000000158. The van der Waals surface area contributed by atoms with Crippen molar-refractivity contribution in [3.05, 3.63) is 47.6 Å². The molecule has 0 aromatic heterocycles. The standard InChI is InChI=1S/C32H60O2Si2.C32H58O2Si2.C20H32O2/c2*1-13-32-21-18-24(33-35(9,10)29(2,3)4)22-23(32)14-15-25-26-16-17-28(31(26,8)20-19-27(25)32)34-36(11,12)30(5,6)7;1-3-20-11-8-14(21)12-13(20)4-5-15-16-6-7-18(22)19(16,2)10-9-17(15)20/h14,24-28H,13,15-22H2,1-12H3;13-14,24-28H,1,15-22H2,2-12H3;4,14-18,21-22H,3,5-12H2,1-2H3/t2*24-,25?,26?,27?,28-,31-,32-;14-,15?,16?,17?,18-,19-,20-/m000/s1. The Morgan fingerprint density at radius 2 is 0.766 bits per heavy atom. The molecule has 0 spiro atoms. The zero-order valence-electron chi connectivity index (χ0n) is 66.1. The van der Waals surface area contributed by atoms with Crippen LogP contribution in [0.3, 0.4) is 0 Å². The van der Waals surface area contributed by atoms with E-state index in [1.165, 1.54) is 141 Å². The molecule has 12 aliphatic carbocycles. The van der Waals surface area contributed by atoms with Crippen molar-refractivity contribution in [2.75, 3.05) is 0 Å². The number of aliphatic hydroxyl groups excluding tert-OH is 2. The molecule has 0 aliphatic heterocycles. The molecule has 21 atom stereocenters. The van der Waals surface area contributed by atoms with Gasteiger partial charge < -0.3 is 27.9 Å². The Kier molecular flexibility index (Phi) is 21.4. The largest absolute Gasteiger partial charge is 0.414 e. The summed E-state index contributed by atoms with van der Waals surface area (Å²) >= 11 is 0. The van der Waals surface area contributed by atoms with Gasteiger partial charge >= 0.3 is 0 Å². The molecule has 9 fully saturated rings. The van der Waals surface area contributed by atoms with Gasteiger partial charge in [-0.15, -0.1) is 6.58 Å². The summed E-state index contributed by atoms with van der Waals surface area (Å²) in [5.41, 5.74) is 6.95. The average molecular weight is 1370 g/mol. The molecule has 94 heavy (non-hydrogen) atoms. The van der Waals surface area contributed by atoms with E-state index in [0.29, 0.717) is 57.0 Å². The van der Waals surface area contributed by atoms with E-state index in [9.17, 15) is 10.2 Å². The van der Waals surface area contributed by atoms with Crippen LogP contribution in [0.2, 0.25) is 72.5 Å². The molecule has 12 rings (SSSR count). The SMILES string of the molecule is C=C[C@]12CC[C@H](O[Si](C)(C)C(C)(C)C)CC1=CCC1C2CC[C@@]2(C)C1CC[C@@H]2O[Si](C)(C)C(C)(C)C.CC[C@]12CC[C@H](O)CC1=CCC1C2CC[C@@]2(C)C1CC[C@@H]2O.CC[C@]12CC[C@H](O[Si](C)(C)C(C)(C)C)CC1=CCC1C2CC[C@@]2(C)C1CC[C@@H]2O[Si](C)(C)C(C)(C)C. The van der Waals surface area contributed by atoms with Crippen molar-refractivity contribution in [2.24, 2.45) is 85.8 Å². The van der Waals surface area contributed by atoms with E-state index in [4.69, 9.17) is 17.7 Å². The molecule has 2 N–H and O–H groups in total. The fraction of sp³-hybridized carbons (Fsp3) is 0.905. The Morgan fingerprint density at radius 3 is 1.20 bits per heavy atom. The molecule has 9 saturated carbocycles. The van der Waals surface area contributed by atoms with Crippen molar-refractivity contribution in [3.63, 3.8) is 0 Å². The van der Waals surface area contributed by atoms with Gasteiger partial charge in [0.15, 0.2) is 33.3 Å². The lowest BCUT2D eigenvalue weighted by Crippen LogP contribution is -2.54. The van der Waals surface area contributed by atoms with Gasteiger partial charge in [0.25, 0.3) is 0 Å². The first kappa shape index (κ1) is 76.2. The first-order valence-corrected chi connectivity index (χ1v) is 51.7. The predicted molar refractivity (Wildman–Crippen MR) is 409 cm³/mol. The van der Waals surface area contributed by atoms with E-state index in [1.54, 1.807) is 16.7 Å². The number of hydrogen-bond donors (Lipinski definition) is 2. The monoisotopic (exact) mass is 1370 g/mol. The Bertz CT molecular complexity index is 2790. The third-order valence-electron chi connectivity index (χ3n) is 33.7. The predicted octanol–water partition coefficient (Wildman–Crippen LogP) is 24.1. The Morgan fingerprint density at radius 1 is 0.415 bits per heavy atom. The maximum Gasteiger partial charge on any atom is 0.192 e. The van der Waals surface area contributed by atoms with Crippen molar-refractivity contribution in [1.29, 1.82) is 0 Å². The van der Waals surface area contributed by atoms with Gasteiger partial charge in [-0.2, -0.15) is 0 Å². The molecule has 0 aromatic rings. The van der Waals surface area contributed by atoms with Gasteiger partial charge in [0.2, 0.25) is 0 Å². The third-order valence-corrected chi connectivity index (χ3v) is 51.7. The van der Waals surface area contributed by atoms with Crippen LogP contribution in [0.4, 0.5) is 0 Å². The van der Waals surface area contributed by atoms with Crippen LogP contribution < -0.4 is 0 Å². The summed E-state index contributed by atoms with van der Waals surface area (Å²) in [5.74, 6) is 7.21. The lowest BCUT2D eigenvalue weighted by atomic mass is 9.47. The summed E-state index contributed by atoms with van der Waals surface area (Å²) in [6.45, 7) is 65.0. The molecule has 0 saturated heterocycles. The van der Waals surface area contributed by atoms with Crippen LogP contribution >= 0.6 is 0 Å². The lowest BCUT2D eigenvalue weighted by Gasteiger charge is -2.59. The van der Waals surface area contributed by atoms with Gasteiger partial charge in [-0.05, 0) is 320 Å². The summed E-state index contributed by atoms with van der Waals surface area (Å²) in [7, 11) is -6.99. The number of fused-ring (bicyclic) bond motifs is 15. The molecule has 6 nitrogen and oxygen atoms in total. The fourth-order valence-corrected chi connectivity index (χ4v) is 29.3. The highest BCUT2D eigenvalue weighted by molar-refractivity contribution is 6.75. The number of aliphatic hydroxyl groups is 2. The minimum atomic E-state index is -1.77. The number of hydrogen-bond acceptors (Lipinski definition) is 6. The average Bonchev–Trinajstić information content (AvgIpc) is 1.33. The van der Waals surface area contributed by atoms with Gasteiger partial charge in [0, 0.05) is 17.6 Å². The van der Waals surface area contributed by atoms with Gasteiger partial charge in [0.05, 0.1) is 24.4 Å². The summed E-state index contributed by atoms with van der Waals surface area (Å²) in [6.07, 6.45) is 44.1. The Hall–Kier alpha value is -0.412. The first-order chi connectivity index (χ1) is 43.3. The normalized spacial score (nSPS) is 43.1.